The third-order valence-corrected chi connectivity index (χ3v) is 0.653. The summed E-state index contributed by atoms with van der Waals surface area (Å²) < 4.78 is 0. The molecule has 1 atom stereocenters. The molecule has 5 nitrogen and oxygen atoms in total. The quantitative estimate of drug-likeness (QED) is 0.421. The first-order valence-electron chi connectivity index (χ1n) is 2.16. The molecule has 0 spiro atoms. The van der Waals surface area contributed by atoms with E-state index in [4.69, 9.17) is 15.3 Å². The highest BCUT2D eigenvalue weighted by atomic mass is 16.4. The van der Waals surface area contributed by atoms with E-state index < -0.39 is 24.5 Å². The number of aliphatic hydroxyl groups is 1. The van der Waals surface area contributed by atoms with Crippen LogP contribution < -0.4 is 0 Å². The fourth-order valence-corrected chi connectivity index (χ4v) is 0.253. The lowest BCUT2D eigenvalue weighted by atomic mass is 10.3. The zero-order valence-corrected chi connectivity index (χ0v) is 5.02. The molecule has 0 bridgehead atoms. The summed E-state index contributed by atoms with van der Waals surface area (Å²) in [6, 6.07) is 0. The smallest absolute Gasteiger partial charge is 0.333 e. The van der Waals surface area contributed by atoms with Gasteiger partial charge < -0.3 is 15.3 Å². The lowest BCUT2D eigenvalue weighted by molar-refractivity contribution is -0.152. The normalized spacial score (nSPS) is 11.3. The Bertz CT molecular complexity index is 134. The molecule has 3 radical (unpaired) electrons. The van der Waals surface area contributed by atoms with Crippen LogP contribution >= 0.6 is 0 Å². The van der Waals surface area contributed by atoms with Crippen molar-refractivity contribution >= 4 is 20.4 Å². The minimum Gasteiger partial charge on any atom is -0.481 e. The molecule has 0 fully saturated rings. The molecule has 0 aromatic rings. The van der Waals surface area contributed by atoms with Crippen molar-refractivity contribution in [1.82, 2.24) is 0 Å². The number of rotatable bonds is 3. The lowest BCUT2D eigenvalue weighted by Crippen LogP contribution is -2.22. The second-order valence-corrected chi connectivity index (χ2v) is 1.45. The highest BCUT2D eigenvalue weighted by Crippen LogP contribution is 1.89. The van der Waals surface area contributed by atoms with Crippen LogP contribution in [-0.4, -0.2) is 41.8 Å². The Morgan fingerprint density at radius 1 is 1.30 bits per heavy atom. The molecular formula is C4H6BO5. The van der Waals surface area contributed by atoms with Gasteiger partial charge >= 0.3 is 11.9 Å². The molecule has 0 rings (SSSR count). The minimum atomic E-state index is -1.79. The van der Waals surface area contributed by atoms with Crippen molar-refractivity contribution in [2.24, 2.45) is 0 Å². The van der Waals surface area contributed by atoms with Gasteiger partial charge in [0.25, 0.3) is 0 Å². The van der Waals surface area contributed by atoms with Gasteiger partial charge in [-0.2, -0.15) is 0 Å². The Morgan fingerprint density at radius 2 is 1.70 bits per heavy atom. The van der Waals surface area contributed by atoms with Crippen LogP contribution in [0.5, 0.6) is 0 Å². The van der Waals surface area contributed by atoms with Crippen molar-refractivity contribution in [2.75, 3.05) is 0 Å². The summed E-state index contributed by atoms with van der Waals surface area (Å²) in [5.41, 5.74) is 0. The molecular weight excluding hydrogens is 139 g/mol. The van der Waals surface area contributed by atoms with Gasteiger partial charge in [0.15, 0.2) is 6.10 Å². The van der Waals surface area contributed by atoms with Crippen LogP contribution in [0.4, 0.5) is 0 Å². The van der Waals surface area contributed by atoms with Crippen molar-refractivity contribution < 1.29 is 24.9 Å². The van der Waals surface area contributed by atoms with Gasteiger partial charge in [-0.3, -0.25) is 4.79 Å². The average Bonchev–Trinajstić information content (AvgIpc) is 1.63. The number of aliphatic carboxylic acids is 2. The Hall–Kier alpha value is -1.04. The van der Waals surface area contributed by atoms with E-state index in [9.17, 15) is 9.59 Å². The van der Waals surface area contributed by atoms with E-state index in [1.54, 1.807) is 0 Å². The molecule has 0 saturated carbocycles. The molecule has 10 heavy (non-hydrogen) atoms. The Labute approximate surface area is 58.9 Å². The van der Waals surface area contributed by atoms with Gasteiger partial charge in [0.05, 0.1) is 6.42 Å². The fourth-order valence-electron chi connectivity index (χ4n) is 0.253. The van der Waals surface area contributed by atoms with Crippen LogP contribution in [0.2, 0.25) is 0 Å². The van der Waals surface area contributed by atoms with E-state index in [-0.39, 0.29) is 8.41 Å². The van der Waals surface area contributed by atoms with Crippen molar-refractivity contribution in [2.45, 2.75) is 12.5 Å². The molecule has 0 aromatic heterocycles. The summed E-state index contributed by atoms with van der Waals surface area (Å²) in [5.74, 6) is -2.85. The fraction of sp³-hybridized carbons (Fsp3) is 0.500. The zero-order chi connectivity index (χ0) is 7.44. The van der Waals surface area contributed by atoms with Crippen molar-refractivity contribution in [1.29, 1.82) is 0 Å². The number of carboxylic acids is 2. The van der Waals surface area contributed by atoms with Crippen LogP contribution in [-0.2, 0) is 9.59 Å². The molecule has 1 unspecified atom stereocenters. The third kappa shape index (κ3) is 5.11. The van der Waals surface area contributed by atoms with Crippen LogP contribution in [0, 0.1) is 0 Å². The number of hydrogen-bond donors (Lipinski definition) is 3. The van der Waals surface area contributed by atoms with E-state index >= 15 is 0 Å². The maximum Gasteiger partial charge on any atom is 0.333 e. The van der Waals surface area contributed by atoms with E-state index in [1.807, 2.05) is 0 Å². The topological polar surface area (TPSA) is 94.8 Å². The Balaban J connectivity index is 0. The molecule has 6 heteroatoms. The summed E-state index contributed by atoms with van der Waals surface area (Å²) in [4.78, 5) is 19.4. The first-order chi connectivity index (χ1) is 4.04. The number of carboxylic acid groups (broad SMARTS) is 2. The van der Waals surface area contributed by atoms with E-state index in [0.717, 1.165) is 0 Å². The Morgan fingerprint density at radius 3 is 1.80 bits per heavy atom. The minimum absolute atomic E-state index is 0. The van der Waals surface area contributed by atoms with Crippen molar-refractivity contribution in [3.63, 3.8) is 0 Å². The van der Waals surface area contributed by atoms with Gasteiger partial charge in [0.1, 0.15) is 0 Å². The molecule has 0 saturated heterocycles. The van der Waals surface area contributed by atoms with Gasteiger partial charge in [0.2, 0.25) is 0 Å². The van der Waals surface area contributed by atoms with Gasteiger partial charge in [0, 0.05) is 8.41 Å². The molecule has 3 N–H and O–H groups in total. The van der Waals surface area contributed by atoms with Crippen LogP contribution in [0.25, 0.3) is 0 Å². The highest BCUT2D eigenvalue weighted by Gasteiger charge is 2.16. The molecule has 0 aliphatic rings. The van der Waals surface area contributed by atoms with E-state index in [1.165, 1.54) is 0 Å². The molecule has 55 valence electrons. The Kier molecular flexibility index (Phi) is 5.64. The van der Waals surface area contributed by atoms with Crippen LogP contribution in [0.3, 0.4) is 0 Å². The van der Waals surface area contributed by atoms with Gasteiger partial charge in [-0.15, -0.1) is 0 Å². The second-order valence-electron chi connectivity index (χ2n) is 1.45. The predicted octanol–water partition coefficient (Wildman–Crippen LogP) is -1.47. The summed E-state index contributed by atoms with van der Waals surface area (Å²) in [7, 11) is 0. The van der Waals surface area contributed by atoms with Crippen molar-refractivity contribution in [3.05, 3.63) is 0 Å². The van der Waals surface area contributed by atoms with Gasteiger partial charge in [-0.05, 0) is 0 Å². The van der Waals surface area contributed by atoms with Crippen molar-refractivity contribution in [3.8, 4) is 0 Å². The maximum atomic E-state index is 9.72. The zero-order valence-electron chi connectivity index (χ0n) is 5.02. The molecule has 0 aliphatic carbocycles. The summed E-state index contributed by atoms with van der Waals surface area (Å²) in [5, 5.41) is 24.1. The van der Waals surface area contributed by atoms with Gasteiger partial charge in [-0.1, -0.05) is 0 Å². The molecule has 0 aromatic carbocycles. The standard InChI is InChI=1S/C4H6O5.B/c5-2(4(8)9)1-3(6)7;/h2,5H,1H2,(H,6,7)(H,8,9);. The first kappa shape index (κ1) is 11.7. The second kappa shape index (κ2) is 4.81. The molecule has 0 amide bonds. The lowest BCUT2D eigenvalue weighted by Gasteiger charge is -1.97. The predicted molar refractivity (Wildman–Crippen MR) is 31.6 cm³/mol. The van der Waals surface area contributed by atoms with E-state index in [0.29, 0.717) is 0 Å². The third-order valence-electron chi connectivity index (χ3n) is 0.653. The summed E-state index contributed by atoms with van der Waals surface area (Å²) in [6.45, 7) is 0. The first-order valence-corrected chi connectivity index (χ1v) is 2.16. The molecule has 0 heterocycles. The monoisotopic (exact) mass is 145 g/mol. The van der Waals surface area contributed by atoms with E-state index in [2.05, 4.69) is 0 Å². The maximum absolute atomic E-state index is 9.72. The average molecular weight is 145 g/mol. The number of hydrogen-bond acceptors (Lipinski definition) is 3. The van der Waals surface area contributed by atoms with Crippen LogP contribution in [0.1, 0.15) is 6.42 Å². The summed E-state index contributed by atoms with van der Waals surface area (Å²) in [6.07, 6.45) is -2.54. The van der Waals surface area contributed by atoms with Gasteiger partial charge in [-0.25, -0.2) is 4.79 Å². The van der Waals surface area contributed by atoms with Crippen LogP contribution in [0.15, 0.2) is 0 Å². The molecule has 0 aliphatic heterocycles. The SMILES string of the molecule is O=C(O)CC(O)C(=O)O.[B]. The number of aliphatic hydroxyl groups excluding tert-OH is 1. The number of carbonyl (C=O) groups is 2. The highest BCUT2D eigenvalue weighted by molar-refractivity contribution is 5.79. The largest absolute Gasteiger partial charge is 0.481 e. The summed E-state index contributed by atoms with van der Waals surface area (Å²) >= 11 is 0.